The van der Waals surface area contributed by atoms with E-state index in [1.165, 1.54) is 0 Å². The van der Waals surface area contributed by atoms with Crippen LogP contribution >= 0.6 is 0 Å². The molecule has 3 aromatic carbocycles. The molecule has 0 spiro atoms. The van der Waals surface area contributed by atoms with Gasteiger partial charge in [-0.3, -0.25) is 4.79 Å². The van der Waals surface area contributed by atoms with Crippen LogP contribution in [0.5, 0.6) is 5.75 Å². The summed E-state index contributed by atoms with van der Waals surface area (Å²) in [5, 5.41) is 1.93. The highest BCUT2D eigenvalue weighted by Gasteiger charge is 2.16. The van der Waals surface area contributed by atoms with Gasteiger partial charge in [-0.25, -0.2) is 4.79 Å². The van der Waals surface area contributed by atoms with E-state index in [1.807, 2.05) is 37.3 Å². The summed E-state index contributed by atoms with van der Waals surface area (Å²) < 4.78 is 11.0. The van der Waals surface area contributed by atoms with Crippen molar-refractivity contribution in [3.05, 3.63) is 77.4 Å². The highest BCUT2D eigenvalue weighted by atomic mass is 16.5. The smallest absolute Gasteiger partial charge is 0.342 e. The van der Waals surface area contributed by atoms with E-state index in [4.69, 9.17) is 15.2 Å². The van der Waals surface area contributed by atoms with E-state index in [0.29, 0.717) is 23.5 Å². The molecule has 0 aliphatic rings. The number of nitrogens with two attached hydrogens (primary N) is 1. The summed E-state index contributed by atoms with van der Waals surface area (Å²) in [6.45, 7) is 2.41. The third kappa shape index (κ3) is 3.83. The Hall–Kier alpha value is -3.34. The van der Waals surface area contributed by atoms with Crippen molar-refractivity contribution < 1.29 is 19.1 Å². The molecule has 3 rings (SSSR count). The lowest BCUT2D eigenvalue weighted by atomic mass is 10.1. The molecule has 3 aromatic rings. The number of esters is 1. The molecule has 0 heterocycles. The second-order valence-corrected chi connectivity index (χ2v) is 5.77. The van der Waals surface area contributed by atoms with Gasteiger partial charge in [-0.1, -0.05) is 36.4 Å². The molecule has 0 aromatic heterocycles. The molecule has 2 N–H and O–H groups in total. The van der Waals surface area contributed by atoms with Crippen molar-refractivity contribution in [2.45, 2.75) is 13.5 Å². The topological polar surface area (TPSA) is 78.6 Å². The number of carbonyl (C=O) groups excluding carboxylic acids is 2. The van der Waals surface area contributed by atoms with Crippen molar-refractivity contribution in [3.8, 4) is 5.75 Å². The number of hydrogen-bond donors (Lipinski definition) is 1. The molecule has 0 unspecified atom stereocenters. The quantitative estimate of drug-likeness (QED) is 0.688. The van der Waals surface area contributed by atoms with Crippen molar-refractivity contribution in [1.82, 2.24) is 0 Å². The van der Waals surface area contributed by atoms with Gasteiger partial charge in [0.2, 0.25) is 5.91 Å². The highest BCUT2D eigenvalue weighted by molar-refractivity contribution is 5.98. The maximum absolute atomic E-state index is 12.6. The molecule has 5 nitrogen and oxygen atoms in total. The fourth-order valence-corrected chi connectivity index (χ4v) is 2.65. The SMILES string of the molecule is CCOc1cc2ccccc2cc1C(=O)OCc1ccc(C(N)=O)cc1. The molecule has 0 aliphatic heterocycles. The zero-order valence-electron chi connectivity index (χ0n) is 14.4. The van der Waals surface area contributed by atoms with Crippen LogP contribution in [0.4, 0.5) is 0 Å². The third-order valence-electron chi connectivity index (χ3n) is 3.98. The summed E-state index contributed by atoms with van der Waals surface area (Å²) in [5.74, 6) is -0.454. The van der Waals surface area contributed by atoms with Gasteiger partial charge in [0.05, 0.1) is 6.61 Å². The lowest BCUT2D eigenvalue weighted by Gasteiger charge is -2.12. The van der Waals surface area contributed by atoms with Crippen molar-refractivity contribution in [2.75, 3.05) is 6.61 Å². The number of benzene rings is 3. The predicted octanol–water partition coefficient (Wildman–Crippen LogP) is 3.69. The van der Waals surface area contributed by atoms with Gasteiger partial charge in [0.1, 0.15) is 17.9 Å². The summed E-state index contributed by atoms with van der Waals surface area (Å²) >= 11 is 0. The number of ether oxygens (including phenoxy) is 2. The Morgan fingerprint density at radius 1 is 0.962 bits per heavy atom. The first-order valence-corrected chi connectivity index (χ1v) is 8.30. The first-order valence-electron chi connectivity index (χ1n) is 8.30. The molecule has 26 heavy (non-hydrogen) atoms. The monoisotopic (exact) mass is 349 g/mol. The first kappa shape index (κ1) is 17.5. The average Bonchev–Trinajstić information content (AvgIpc) is 2.66. The van der Waals surface area contributed by atoms with Crippen molar-refractivity contribution in [2.24, 2.45) is 5.73 Å². The summed E-state index contributed by atoms with van der Waals surface area (Å²) in [4.78, 5) is 23.6. The van der Waals surface area contributed by atoms with Crippen molar-refractivity contribution >= 4 is 22.6 Å². The van der Waals surface area contributed by atoms with Crippen LogP contribution < -0.4 is 10.5 Å². The van der Waals surface area contributed by atoms with Crippen LogP contribution in [0.2, 0.25) is 0 Å². The van der Waals surface area contributed by atoms with Crippen LogP contribution in [0.15, 0.2) is 60.7 Å². The van der Waals surface area contributed by atoms with E-state index in [9.17, 15) is 9.59 Å². The van der Waals surface area contributed by atoms with Crippen molar-refractivity contribution in [1.29, 1.82) is 0 Å². The summed E-state index contributed by atoms with van der Waals surface area (Å²) in [6.07, 6.45) is 0. The Morgan fingerprint density at radius 2 is 1.62 bits per heavy atom. The van der Waals surface area contributed by atoms with Gasteiger partial charge in [0, 0.05) is 5.56 Å². The second kappa shape index (κ2) is 7.70. The zero-order chi connectivity index (χ0) is 18.5. The second-order valence-electron chi connectivity index (χ2n) is 5.77. The van der Waals surface area contributed by atoms with Crippen molar-refractivity contribution in [3.63, 3.8) is 0 Å². The number of carbonyl (C=O) groups is 2. The number of rotatable bonds is 6. The molecule has 0 radical (unpaired) electrons. The maximum Gasteiger partial charge on any atom is 0.342 e. The molecule has 0 fully saturated rings. The van der Waals surface area contributed by atoms with Crippen LogP contribution in [-0.4, -0.2) is 18.5 Å². The summed E-state index contributed by atoms with van der Waals surface area (Å²) in [7, 11) is 0. The van der Waals surface area contributed by atoms with E-state index in [1.54, 1.807) is 30.3 Å². The van der Waals surface area contributed by atoms with Gasteiger partial charge in [-0.05, 0) is 47.5 Å². The highest BCUT2D eigenvalue weighted by Crippen LogP contribution is 2.27. The Morgan fingerprint density at radius 3 is 2.23 bits per heavy atom. The van der Waals surface area contributed by atoms with Crippen LogP contribution in [0.1, 0.15) is 33.2 Å². The Balaban J connectivity index is 1.80. The molecule has 0 atom stereocenters. The van der Waals surface area contributed by atoms with Crippen LogP contribution in [0.25, 0.3) is 10.8 Å². The molecule has 5 heteroatoms. The average molecular weight is 349 g/mol. The molecular weight excluding hydrogens is 330 g/mol. The van der Waals surface area contributed by atoms with E-state index in [2.05, 4.69) is 0 Å². The predicted molar refractivity (Wildman–Crippen MR) is 99.2 cm³/mol. The molecular formula is C21H19NO4. The van der Waals surface area contributed by atoms with E-state index >= 15 is 0 Å². The fraction of sp³-hybridized carbons (Fsp3) is 0.143. The Kier molecular flexibility index (Phi) is 5.17. The van der Waals surface area contributed by atoms with E-state index in [0.717, 1.165) is 16.3 Å². The Labute approximate surface area is 151 Å². The van der Waals surface area contributed by atoms with Gasteiger partial charge in [0.15, 0.2) is 0 Å². The number of fused-ring (bicyclic) bond motifs is 1. The van der Waals surface area contributed by atoms with Crippen LogP contribution in [0.3, 0.4) is 0 Å². The minimum absolute atomic E-state index is 0.0935. The molecule has 0 saturated carbocycles. The normalized spacial score (nSPS) is 10.5. The standard InChI is InChI=1S/C21H19NO4/c1-2-25-19-12-17-6-4-3-5-16(17)11-18(19)21(24)26-13-14-7-9-15(10-8-14)20(22)23/h3-12H,2,13H2,1H3,(H2,22,23). The van der Waals surface area contributed by atoms with Gasteiger partial charge in [-0.2, -0.15) is 0 Å². The Bertz CT molecular complexity index is 948. The largest absolute Gasteiger partial charge is 0.493 e. The minimum atomic E-state index is -0.494. The van der Waals surface area contributed by atoms with Gasteiger partial charge in [-0.15, -0.1) is 0 Å². The summed E-state index contributed by atoms with van der Waals surface area (Å²) in [5.41, 5.74) is 6.78. The molecule has 0 aliphatic carbocycles. The first-order chi connectivity index (χ1) is 12.6. The van der Waals surface area contributed by atoms with Crippen LogP contribution in [0, 0.1) is 0 Å². The molecule has 132 valence electrons. The fourth-order valence-electron chi connectivity index (χ4n) is 2.65. The number of primary amides is 1. The summed E-state index contributed by atoms with van der Waals surface area (Å²) in [6, 6.07) is 18.0. The van der Waals surface area contributed by atoms with Gasteiger partial charge >= 0.3 is 5.97 Å². The lowest BCUT2D eigenvalue weighted by Crippen LogP contribution is -2.11. The maximum atomic E-state index is 12.6. The molecule has 0 saturated heterocycles. The minimum Gasteiger partial charge on any atom is -0.493 e. The number of hydrogen-bond acceptors (Lipinski definition) is 4. The van der Waals surface area contributed by atoms with E-state index < -0.39 is 11.9 Å². The van der Waals surface area contributed by atoms with Gasteiger partial charge in [0.25, 0.3) is 0 Å². The zero-order valence-corrected chi connectivity index (χ0v) is 14.4. The van der Waals surface area contributed by atoms with Crippen LogP contribution in [-0.2, 0) is 11.3 Å². The van der Waals surface area contributed by atoms with Gasteiger partial charge < -0.3 is 15.2 Å². The van der Waals surface area contributed by atoms with E-state index in [-0.39, 0.29) is 6.61 Å². The lowest BCUT2D eigenvalue weighted by molar-refractivity contribution is 0.0468. The third-order valence-corrected chi connectivity index (χ3v) is 3.98. The number of amides is 1. The molecule has 1 amide bonds. The molecule has 0 bridgehead atoms.